The van der Waals surface area contributed by atoms with Crippen LogP contribution in [0.25, 0.3) is 0 Å². The molecule has 0 unspecified atom stereocenters. The first-order chi connectivity index (χ1) is 19.4. The zero-order valence-corrected chi connectivity index (χ0v) is 24.4. The lowest BCUT2D eigenvalue weighted by molar-refractivity contribution is -0.139. The first-order valence-corrected chi connectivity index (χ1v) is 16.8. The molecule has 1 fully saturated rings. The third-order valence-electron chi connectivity index (χ3n) is 6.03. The average Bonchev–Trinajstić information content (AvgIpc) is 3.43. The number of para-hydroxylation sites is 1. The van der Waals surface area contributed by atoms with Gasteiger partial charge in [-0.05, 0) is 54.1 Å². The van der Waals surface area contributed by atoms with Crippen LogP contribution in [0.15, 0.2) is 60.0 Å². The van der Waals surface area contributed by atoms with Gasteiger partial charge in [-0.15, -0.1) is 11.3 Å². The normalized spacial score (nSPS) is 14.8. The van der Waals surface area contributed by atoms with Gasteiger partial charge >= 0.3 is 11.9 Å². The summed E-state index contributed by atoms with van der Waals surface area (Å²) in [5.74, 6) is -1.96. The van der Waals surface area contributed by atoms with Crippen molar-refractivity contribution < 1.29 is 41.0 Å². The van der Waals surface area contributed by atoms with Crippen LogP contribution < -0.4 is 19.5 Å². The van der Waals surface area contributed by atoms with E-state index in [0.717, 1.165) is 6.26 Å². The Labute approximate surface area is 242 Å². The Morgan fingerprint density at radius 3 is 2.44 bits per heavy atom. The van der Waals surface area contributed by atoms with Crippen LogP contribution in [0.2, 0.25) is 0 Å². The van der Waals surface area contributed by atoms with Crippen molar-refractivity contribution in [3.05, 3.63) is 70.4 Å². The van der Waals surface area contributed by atoms with Crippen molar-refractivity contribution in [2.24, 2.45) is 0 Å². The number of thiophene rings is 1. The number of carboxylic acids is 1. The van der Waals surface area contributed by atoms with E-state index in [-0.39, 0.29) is 42.1 Å². The van der Waals surface area contributed by atoms with Crippen LogP contribution in [-0.2, 0) is 30.6 Å². The number of hydrogen-bond acceptors (Lipinski definition) is 10. The minimum atomic E-state index is -3.68. The molecule has 15 heteroatoms. The van der Waals surface area contributed by atoms with Crippen molar-refractivity contribution >= 4 is 54.7 Å². The summed E-state index contributed by atoms with van der Waals surface area (Å²) >= 11 is 1.21. The molecule has 12 nitrogen and oxygen atoms in total. The molecule has 41 heavy (non-hydrogen) atoms. The lowest BCUT2D eigenvalue weighted by Gasteiger charge is -2.32. The summed E-state index contributed by atoms with van der Waals surface area (Å²) in [7, 11) is -7.18. The Bertz CT molecular complexity index is 1600. The molecule has 0 atom stereocenters. The Balaban J connectivity index is 1.42. The molecule has 1 aliphatic rings. The van der Waals surface area contributed by atoms with Crippen molar-refractivity contribution in [3.8, 4) is 11.5 Å². The molecule has 3 N–H and O–H groups in total. The second-order valence-corrected chi connectivity index (χ2v) is 14.0. The smallest absolute Gasteiger partial charge is 0.353 e. The molecule has 0 aliphatic carbocycles. The molecule has 2 aromatic carbocycles. The minimum Gasteiger partial charge on any atom is -0.479 e. The van der Waals surface area contributed by atoms with Crippen LogP contribution in [0.5, 0.6) is 11.5 Å². The molecule has 0 saturated carbocycles. The van der Waals surface area contributed by atoms with E-state index in [2.05, 4.69) is 10.0 Å². The molecule has 0 spiro atoms. The fraction of sp³-hybridized carbons (Fsp3) is 0.308. The number of benzene rings is 2. The van der Waals surface area contributed by atoms with Gasteiger partial charge in [-0.2, -0.15) is 0 Å². The van der Waals surface area contributed by atoms with E-state index >= 15 is 0 Å². The van der Waals surface area contributed by atoms with Crippen LogP contribution in [0.3, 0.4) is 0 Å². The molecule has 1 aromatic heterocycles. The number of piperidine rings is 1. The number of sulfonamides is 2. The molecule has 1 aliphatic heterocycles. The molecule has 4 rings (SSSR count). The van der Waals surface area contributed by atoms with Gasteiger partial charge in [0, 0.05) is 24.8 Å². The van der Waals surface area contributed by atoms with E-state index in [9.17, 15) is 26.4 Å². The standard InChI is InChI=1S/C26H29N3O9S3/c1-40(33,34)28-20-6-2-5-18(15-20)17-41(35,36)29-12-10-19(11-13-29)27-21-7-3-8-22(25(21)37-16-24(30)31)38-26(32)23-9-4-14-39-23/h2-9,14-15,19,27-28H,10-13,16-17H2,1H3,(H,30,31). The number of carbonyl (C=O) groups is 2. The van der Waals surface area contributed by atoms with E-state index in [1.807, 2.05) is 0 Å². The average molecular weight is 624 g/mol. The van der Waals surface area contributed by atoms with Crippen molar-refractivity contribution in [1.29, 1.82) is 0 Å². The summed E-state index contributed by atoms with van der Waals surface area (Å²) in [4.78, 5) is 24.1. The summed E-state index contributed by atoms with van der Waals surface area (Å²) in [6, 6.07) is 14.2. The van der Waals surface area contributed by atoms with E-state index < -0.39 is 38.6 Å². The number of carboxylic acid groups (broad SMARTS) is 1. The van der Waals surface area contributed by atoms with Gasteiger partial charge in [0.25, 0.3) is 0 Å². The van der Waals surface area contributed by atoms with Crippen molar-refractivity contribution in [2.45, 2.75) is 24.6 Å². The quantitative estimate of drug-likeness (QED) is 0.201. The highest BCUT2D eigenvalue weighted by Gasteiger charge is 2.29. The maximum atomic E-state index is 13.1. The molecule has 2 heterocycles. The molecule has 220 valence electrons. The Morgan fingerprint density at radius 2 is 1.78 bits per heavy atom. The molecule has 3 aromatic rings. The number of anilines is 2. The minimum absolute atomic E-state index is 0.0576. The summed E-state index contributed by atoms with van der Waals surface area (Å²) in [5, 5.41) is 14.2. The maximum absolute atomic E-state index is 13.1. The zero-order valence-electron chi connectivity index (χ0n) is 22.0. The lowest BCUT2D eigenvalue weighted by Crippen LogP contribution is -2.42. The molecular weight excluding hydrogens is 594 g/mol. The summed E-state index contributed by atoms with van der Waals surface area (Å²) in [6.07, 6.45) is 1.92. The molecule has 0 amide bonds. The number of hydrogen-bond donors (Lipinski definition) is 3. The topological polar surface area (TPSA) is 168 Å². The van der Waals surface area contributed by atoms with Gasteiger partial charge in [-0.3, -0.25) is 4.72 Å². The third-order valence-corrected chi connectivity index (χ3v) is 9.34. The van der Waals surface area contributed by atoms with E-state index in [0.29, 0.717) is 29.0 Å². The first-order valence-electron chi connectivity index (χ1n) is 12.4. The number of nitrogens with zero attached hydrogens (tertiary/aromatic N) is 1. The summed E-state index contributed by atoms with van der Waals surface area (Å²) in [5.41, 5.74) is 1.15. The number of ether oxygens (including phenoxy) is 2. The number of esters is 1. The van der Waals surface area contributed by atoms with Gasteiger partial charge in [0.2, 0.25) is 20.0 Å². The maximum Gasteiger partial charge on any atom is 0.353 e. The fourth-order valence-electron chi connectivity index (χ4n) is 4.28. The second kappa shape index (κ2) is 12.9. The molecular formula is C26H29N3O9S3. The number of nitrogens with one attached hydrogen (secondary N) is 2. The van der Waals surface area contributed by atoms with Gasteiger partial charge in [0.15, 0.2) is 18.1 Å². The molecule has 0 radical (unpaired) electrons. The van der Waals surface area contributed by atoms with Crippen molar-refractivity contribution in [1.82, 2.24) is 4.31 Å². The highest BCUT2D eigenvalue weighted by Crippen LogP contribution is 2.37. The first kappa shape index (κ1) is 30.3. The largest absolute Gasteiger partial charge is 0.479 e. The van der Waals surface area contributed by atoms with E-state index in [1.54, 1.807) is 47.8 Å². The van der Waals surface area contributed by atoms with Crippen LogP contribution in [0.1, 0.15) is 28.1 Å². The SMILES string of the molecule is CS(=O)(=O)Nc1cccc(CS(=O)(=O)N2CCC(Nc3cccc(OC(=O)c4cccs4)c3OCC(=O)O)CC2)c1. The highest BCUT2D eigenvalue weighted by atomic mass is 32.2. The monoisotopic (exact) mass is 623 g/mol. The second-order valence-electron chi connectivity index (χ2n) is 9.33. The number of carbonyl (C=O) groups excluding carboxylic acids is 1. The molecule has 1 saturated heterocycles. The van der Waals surface area contributed by atoms with Crippen LogP contribution >= 0.6 is 11.3 Å². The third kappa shape index (κ3) is 8.66. The Morgan fingerprint density at radius 1 is 1.05 bits per heavy atom. The predicted octanol–water partition coefficient (Wildman–Crippen LogP) is 3.21. The molecule has 0 bridgehead atoms. The van der Waals surface area contributed by atoms with Gasteiger partial charge in [0.05, 0.1) is 17.7 Å². The zero-order chi connectivity index (χ0) is 29.6. The predicted molar refractivity (Wildman–Crippen MR) is 155 cm³/mol. The lowest BCUT2D eigenvalue weighted by atomic mass is 10.1. The van der Waals surface area contributed by atoms with Crippen LogP contribution in [0, 0.1) is 0 Å². The summed E-state index contributed by atoms with van der Waals surface area (Å²) in [6.45, 7) is -0.181. The van der Waals surface area contributed by atoms with Gasteiger partial charge in [-0.25, -0.2) is 30.7 Å². The fourth-order valence-corrected chi connectivity index (χ4v) is 6.98. The van der Waals surface area contributed by atoms with E-state index in [4.69, 9.17) is 14.6 Å². The van der Waals surface area contributed by atoms with Crippen molar-refractivity contribution in [2.75, 3.05) is 36.0 Å². The number of rotatable bonds is 12. The van der Waals surface area contributed by atoms with Crippen molar-refractivity contribution in [3.63, 3.8) is 0 Å². The Kier molecular flexibility index (Phi) is 9.53. The van der Waals surface area contributed by atoms with Crippen LogP contribution in [0.4, 0.5) is 11.4 Å². The highest BCUT2D eigenvalue weighted by molar-refractivity contribution is 7.92. The van der Waals surface area contributed by atoms with Gasteiger partial charge in [-0.1, -0.05) is 24.3 Å². The summed E-state index contributed by atoms with van der Waals surface area (Å²) < 4.78 is 63.9. The van der Waals surface area contributed by atoms with Gasteiger partial charge in [0.1, 0.15) is 4.88 Å². The van der Waals surface area contributed by atoms with Crippen LogP contribution in [-0.4, -0.2) is 70.2 Å². The Hall–Kier alpha value is -3.66. The van der Waals surface area contributed by atoms with E-state index in [1.165, 1.54) is 27.8 Å². The van der Waals surface area contributed by atoms with Gasteiger partial charge < -0.3 is 19.9 Å². The number of aliphatic carboxylic acids is 1.